The second-order valence-electron chi connectivity index (χ2n) is 3.57. The molecule has 0 fully saturated rings. The molecule has 0 aromatic carbocycles. The lowest BCUT2D eigenvalue weighted by Crippen LogP contribution is -2.06. The van der Waals surface area contributed by atoms with Crippen LogP contribution in [0.4, 0.5) is 19.0 Å². The summed E-state index contributed by atoms with van der Waals surface area (Å²) in [6, 6.07) is 0.783. The number of rotatable bonds is 1. The topological polar surface area (TPSA) is 67.6 Å². The normalized spacial score (nSPS) is 11.6. The van der Waals surface area contributed by atoms with Crippen molar-refractivity contribution in [2.45, 2.75) is 6.18 Å². The highest BCUT2D eigenvalue weighted by Gasteiger charge is 2.31. The molecule has 0 unspecified atom stereocenters. The molecule has 0 radical (unpaired) electrons. The predicted octanol–water partition coefficient (Wildman–Crippen LogP) is 3.46. The Labute approximate surface area is 115 Å². The lowest BCUT2D eigenvalue weighted by atomic mass is 10.1. The number of alkyl halides is 3. The molecule has 2 rings (SSSR count). The van der Waals surface area contributed by atoms with Gasteiger partial charge >= 0.3 is 6.18 Å². The number of H-pyrrole nitrogens is 1. The molecule has 9 heteroatoms. The number of aromatic amines is 1. The smallest absolute Gasteiger partial charge is 0.385 e. The predicted molar refractivity (Wildman–Crippen MR) is 67.1 cm³/mol. The number of hydrogen-bond acceptors (Lipinski definition) is 4. The quantitative estimate of drug-likeness (QED) is 0.792. The number of pyridine rings is 1. The molecule has 0 bridgehead atoms. The molecule has 0 saturated heterocycles. The van der Waals surface area contributed by atoms with Gasteiger partial charge < -0.3 is 10.7 Å². The molecule has 0 atom stereocenters. The van der Waals surface area contributed by atoms with Gasteiger partial charge in [0, 0.05) is 12.4 Å². The van der Waals surface area contributed by atoms with Crippen LogP contribution in [-0.4, -0.2) is 15.0 Å². The summed E-state index contributed by atoms with van der Waals surface area (Å²) in [5.74, 6) is 0.133. The Hall–Kier alpha value is -1.67. The maximum atomic E-state index is 12.5. The zero-order valence-corrected chi connectivity index (χ0v) is 10.7. The Balaban J connectivity index is 2.55. The Morgan fingerprint density at radius 1 is 1.26 bits per heavy atom. The molecule has 2 aromatic rings. The first-order valence-electron chi connectivity index (χ1n) is 4.87. The monoisotopic (exact) mass is 306 g/mol. The maximum Gasteiger partial charge on any atom is 0.417 e. The highest BCUT2D eigenvalue weighted by Crippen LogP contribution is 2.34. The lowest BCUT2D eigenvalue weighted by Gasteiger charge is -2.10. The molecule has 0 amide bonds. The lowest BCUT2D eigenvalue weighted by molar-refractivity contribution is -0.137. The van der Waals surface area contributed by atoms with Crippen LogP contribution < -0.4 is 5.73 Å². The van der Waals surface area contributed by atoms with Gasteiger partial charge in [0.25, 0.3) is 0 Å². The largest absolute Gasteiger partial charge is 0.417 e. The molecule has 100 valence electrons. The van der Waals surface area contributed by atoms with Crippen molar-refractivity contribution < 1.29 is 13.2 Å². The third-order valence-corrected chi connectivity index (χ3v) is 2.76. The number of halogens is 4. The van der Waals surface area contributed by atoms with Crippen LogP contribution in [0.25, 0.3) is 11.3 Å². The molecule has 0 saturated carbocycles. The molecule has 4 nitrogen and oxygen atoms in total. The highest BCUT2D eigenvalue weighted by molar-refractivity contribution is 7.71. The standard InChI is InChI=1S/C10H6ClF3N4S/c11-6-1-4(10(12,13)14)2-16-7(6)5-3-17-9(19)18-8(5)15/h1-3H,(H3,15,17,18,19). The highest BCUT2D eigenvalue weighted by atomic mass is 35.5. The van der Waals surface area contributed by atoms with Gasteiger partial charge in [-0.05, 0) is 18.3 Å². The fourth-order valence-electron chi connectivity index (χ4n) is 1.39. The number of aromatic nitrogens is 3. The van der Waals surface area contributed by atoms with E-state index in [1.165, 1.54) is 6.20 Å². The van der Waals surface area contributed by atoms with Crippen LogP contribution in [0.2, 0.25) is 5.02 Å². The second kappa shape index (κ2) is 4.78. The van der Waals surface area contributed by atoms with Gasteiger partial charge in [0.1, 0.15) is 5.82 Å². The summed E-state index contributed by atoms with van der Waals surface area (Å²) in [7, 11) is 0. The number of nitrogen functional groups attached to an aromatic ring is 1. The fourth-order valence-corrected chi connectivity index (χ4v) is 1.82. The van der Waals surface area contributed by atoms with Gasteiger partial charge in [0.05, 0.1) is 21.8 Å². The first-order chi connectivity index (χ1) is 8.79. The van der Waals surface area contributed by atoms with Crippen molar-refractivity contribution in [2.24, 2.45) is 0 Å². The average Bonchev–Trinajstić information content (AvgIpc) is 2.28. The van der Waals surface area contributed by atoms with Crippen molar-refractivity contribution in [1.29, 1.82) is 0 Å². The van der Waals surface area contributed by atoms with E-state index in [1.807, 2.05) is 0 Å². The van der Waals surface area contributed by atoms with Gasteiger partial charge in [-0.2, -0.15) is 13.2 Å². The molecule has 3 N–H and O–H groups in total. The molecular formula is C10H6ClF3N4S. The summed E-state index contributed by atoms with van der Waals surface area (Å²) in [5, 5.41) is -0.172. The zero-order chi connectivity index (χ0) is 14.2. The van der Waals surface area contributed by atoms with Crippen molar-refractivity contribution in [3.05, 3.63) is 33.8 Å². The number of nitrogens with one attached hydrogen (secondary N) is 1. The second-order valence-corrected chi connectivity index (χ2v) is 4.36. The van der Waals surface area contributed by atoms with E-state index < -0.39 is 11.7 Å². The fraction of sp³-hybridized carbons (Fsp3) is 0.100. The first kappa shape index (κ1) is 13.8. The van der Waals surface area contributed by atoms with E-state index in [2.05, 4.69) is 15.0 Å². The van der Waals surface area contributed by atoms with Gasteiger partial charge in [-0.15, -0.1) is 0 Å². The molecule has 19 heavy (non-hydrogen) atoms. The van der Waals surface area contributed by atoms with E-state index in [9.17, 15) is 13.2 Å². The van der Waals surface area contributed by atoms with Crippen molar-refractivity contribution >= 4 is 29.6 Å². The minimum atomic E-state index is -4.50. The van der Waals surface area contributed by atoms with Gasteiger partial charge in [0.15, 0.2) is 4.77 Å². The van der Waals surface area contributed by atoms with Crippen molar-refractivity contribution in [3.8, 4) is 11.3 Å². The molecule has 0 aliphatic rings. The molecule has 2 heterocycles. The van der Waals surface area contributed by atoms with Crippen LogP contribution >= 0.6 is 23.8 Å². The Morgan fingerprint density at radius 2 is 1.95 bits per heavy atom. The molecule has 2 aromatic heterocycles. The van der Waals surface area contributed by atoms with Crippen LogP contribution in [-0.2, 0) is 6.18 Å². The van der Waals surface area contributed by atoms with Crippen LogP contribution in [0.15, 0.2) is 18.5 Å². The maximum absolute atomic E-state index is 12.5. The number of hydrogen-bond donors (Lipinski definition) is 2. The van der Waals surface area contributed by atoms with Gasteiger partial charge in [0.2, 0.25) is 0 Å². The molecule has 0 spiro atoms. The molecule has 0 aliphatic carbocycles. The van der Waals surface area contributed by atoms with Crippen LogP contribution in [0.1, 0.15) is 5.56 Å². The first-order valence-corrected chi connectivity index (χ1v) is 5.65. The van der Waals surface area contributed by atoms with Crippen LogP contribution in [0.3, 0.4) is 0 Å². The third-order valence-electron chi connectivity index (χ3n) is 2.27. The van der Waals surface area contributed by atoms with Crippen LogP contribution in [0.5, 0.6) is 0 Å². The number of nitrogens with two attached hydrogens (primary N) is 1. The Bertz CT molecular complexity index is 683. The van der Waals surface area contributed by atoms with Gasteiger partial charge in [-0.25, -0.2) is 4.98 Å². The Kier molecular flexibility index (Phi) is 3.46. The van der Waals surface area contributed by atoms with E-state index in [-0.39, 0.29) is 26.9 Å². The zero-order valence-electron chi connectivity index (χ0n) is 9.12. The number of anilines is 1. The van der Waals surface area contributed by atoms with E-state index in [0.29, 0.717) is 6.20 Å². The van der Waals surface area contributed by atoms with Crippen molar-refractivity contribution in [1.82, 2.24) is 15.0 Å². The summed E-state index contributed by atoms with van der Waals surface area (Å²) in [4.78, 5) is 10.0. The molecular weight excluding hydrogens is 301 g/mol. The summed E-state index contributed by atoms with van der Waals surface area (Å²) < 4.78 is 37.6. The summed E-state index contributed by atoms with van der Waals surface area (Å²) in [6.07, 6.45) is -2.52. The van der Waals surface area contributed by atoms with E-state index in [4.69, 9.17) is 29.6 Å². The Morgan fingerprint density at radius 3 is 2.47 bits per heavy atom. The van der Waals surface area contributed by atoms with E-state index >= 15 is 0 Å². The third kappa shape index (κ3) is 2.85. The van der Waals surface area contributed by atoms with E-state index in [0.717, 1.165) is 6.07 Å². The minimum Gasteiger partial charge on any atom is -0.385 e. The molecule has 0 aliphatic heterocycles. The average molecular weight is 307 g/mol. The SMILES string of the molecule is Nc1[nH]c(=S)ncc1-c1ncc(C(F)(F)F)cc1Cl. The van der Waals surface area contributed by atoms with Crippen LogP contribution in [0, 0.1) is 4.77 Å². The number of nitrogens with zero attached hydrogens (tertiary/aromatic N) is 2. The summed E-state index contributed by atoms with van der Waals surface area (Å²) in [5.41, 5.74) is 5.12. The minimum absolute atomic E-state index is 0.103. The van der Waals surface area contributed by atoms with Gasteiger partial charge in [-0.3, -0.25) is 4.98 Å². The summed E-state index contributed by atoms with van der Waals surface area (Å²) in [6.45, 7) is 0. The van der Waals surface area contributed by atoms with Crippen molar-refractivity contribution in [3.63, 3.8) is 0 Å². The van der Waals surface area contributed by atoms with Crippen molar-refractivity contribution in [2.75, 3.05) is 5.73 Å². The summed E-state index contributed by atoms with van der Waals surface area (Å²) >= 11 is 10.6. The van der Waals surface area contributed by atoms with E-state index in [1.54, 1.807) is 0 Å². The van der Waals surface area contributed by atoms with Gasteiger partial charge in [-0.1, -0.05) is 11.6 Å².